The van der Waals surface area contributed by atoms with E-state index in [0.717, 1.165) is 40.8 Å². The average Bonchev–Trinajstić information content (AvgIpc) is 3.00. The van der Waals surface area contributed by atoms with Gasteiger partial charge in [0.25, 0.3) is 0 Å². The van der Waals surface area contributed by atoms with Crippen molar-refractivity contribution in [1.82, 2.24) is 5.32 Å². The maximum atomic E-state index is 14.5. The van der Waals surface area contributed by atoms with Crippen LogP contribution in [0, 0.1) is 5.82 Å². The van der Waals surface area contributed by atoms with Crippen LogP contribution in [0.15, 0.2) is 45.4 Å². The third-order valence-corrected chi connectivity index (χ3v) is 5.04. The number of nitrogens with zero attached hydrogens (tertiary/aromatic N) is 1. The van der Waals surface area contributed by atoms with Crippen LogP contribution in [0.3, 0.4) is 0 Å². The van der Waals surface area contributed by atoms with Crippen molar-refractivity contribution in [1.29, 1.82) is 0 Å². The number of nitrogens with one attached hydrogen (secondary N) is 1. The van der Waals surface area contributed by atoms with Crippen LogP contribution in [0.5, 0.6) is 0 Å². The van der Waals surface area contributed by atoms with Crippen LogP contribution in [0.1, 0.15) is 30.9 Å². The Morgan fingerprint density at radius 3 is 2.92 bits per heavy atom. The summed E-state index contributed by atoms with van der Waals surface area (Å²) in [5.41, 5.74) is 2.79. The van der Waals surface area contributed by atoms with Crippen LogP contribution in [0.25, 0.3) is 0 Å². The zero-order chi connectivity index (χ0) is 17.1. The molecule has 1 aromatic rings. The van der Waals surface area contributed by atoms with Crippen LogP contribution in [-0.4, -0.2) is 31.6 Å². The van der Waals surface area contributed by atoms with Crippen LogP contribution in [0.2, 0.25) is 0 Å². The molecule has 1 aromatic carbocycles. The maximum absolute atomic E-state index is 14.5. The molecule has 0 saturated heterocycles. The van der Waals surface area contributed by atoms with E-state index in [2.05, 4.69) is 45.3 Å². The van der Waals surface area contributed by atoms with E-state index in [0.29, 0.717) is 12.5 Å². The molecule has 0 aromatic heterocycles. The Morgan fingerprint density at radius 1 is 1.38 bits per heavy atom. The molecule has 1 N–H and O–H groups in total. The number of rotatable bonds is 5. The molecule has 128 valence electrons. The van der Waals surface area contributed by atoms with Gasteiger partial charge in [0.15, 0.2) is 0 Å². The summed E-state index contributed by atoms with van der Waals surface area (Å²) in [5.74, 6) is 0.635. The standard InChI is InChI=1S/C19H22BrFN2O/c1-12-11-22-19(23-12)16-4-3-5-17(21)15(16)8-6-13-10-14(20)7-9-18(13)24-2/h3-5,7,10,12,18H,6,8-9,11H2,1-2H3,(H,22,23). The smallest absolute Gasteiger partial charge is 0.128 e. The van der Waals surface area contributed by atoms with Gasteiger partial charge in [-0.2, -0.15) is 0 Å². The lowest BCUT2D eigenvalue weighted by Gasteiger charge is -2.22. The lowest BCUT2D eigenvalue weighted by Crippen LogP contribution is -2.28. The minimum atomic E-state index is -0.170. The molecule has 2 atom stereocenters. The van der Waals surface area contributed by atoms with Crippen molar-refractivity contribution in [3.8, 4) is 0 Å². The van der Waals surface area contributed by atoms with Crippen molar-refractivity contribution in [3.05, 3.63) is 57.4 Å². The van der Waals surface area contributed by atoms with Crippen molar-refractivity contribution >= 4 is 21.8 Å². The van der Waals surface area contributed by atoms with Gasteiger partial charge in [0.05, 0.1) is 12.6 Å². The molecule has 5 heteroatoms. The highest BCUT2D eigenvalue weighted by atomic mass is 79.9. The summed E-state index contributed by atoms with van der Waals surface area (Å²) in [6.45, 7) is 2.81. The summed E-state index contributed by atoms with van der Waals surface area (Å²) >= 11 is 3.53. The molecule has 2 unspecified atom stereocenters. The number of ether oxygens (including phenoxy) is 1. The Kier molecular flexibility index (Phi) is 5.51. The fourth-order valence-corrected chi connectivity index (χ4v) is 3.68. The van der Waals surface area contributed by atoms with E-state index in [4.69, 9.17) is 4.74 Å². The molecule has 0 spiro atoms. The number of allylic oxidation sites excluding steroid dienone is 2. The first-order valence-electron chi connectivity index (χ1n) is 8.26. The molecular formula is C19H22BrFN2O. The quantitative estimate of drug-likeness (QED) is 0.817. The number of hydrogen-bond donors (Lipinski definition) is 1. The fraction of sp³-hybridized carbons (Fsp3) is 0.421. The Morgan fingerprint density at radius 2 is 2.21 bits per heavy atom. The minimum Gasteiger partial charge on any atom is -0.377 e. The van der Waals surface area contributed by atoms with Crippen molar-refractivity contribution < 1.29 is 9.13 Å². The molecule has 3 nitrogen and oxygen atoms in total. The predicted molar refractivity (Wildman–Crippen MR) is 99.2 cm³/mol. The van der Waals surface area contributed by atoms with E-state index >= 15 is 0 Å². The third-order valence-electron chi connectivity index (χ3n) is 4.49. The van der Waals surface area contributed by atoms with Gasteiger partial charge in [-0.15, -0.1) is 0 Å². The molecular weight excluding hydrogens is 371 g/mol. The summed E-state index contributed by atoms with van der Waals surface area (Å²) < 4.78 is 21.1. The minimum absolute atomic E-state index is 0.0727. The molecule has 24 heavy (non-hydrogen) atoms. The van der Waals surface area contributed by atoms with Gasteiger partial charge in [0, 0.05) is 23.2 Å². The van der Waals surface area contributed by atoms with Gasteiger partial charge in [-0.05, 0) is 49.5 Å². The van der Waals surface area contributed by atoms with E-state index < -0.39 is 0 Å². The summed E-state index contributed by atoms with van der Waals surface area (Å²) in [7, 11) is 1.72. The molecule has 1 aliphatic heterocycles. The van der Waals surface area contributed by atoms with Gasteiger partial charge in [-0.25, -0.2) is 4.39 Å². The van der Waals surface area contributed by atoms with Crippen molar-refractivity contribution in [2.75, 3.05) is 13.7 Å². The molecule has 0 fully saturated rings. The molecule has 0 bridgehead atoms. The van der Waals surface area contributed by atoms with Gasteiger partial charge < -0.3 is 10.1 Å². The Bertz CT molecular complexity index is 711. The number of hydrogen-bond acceptors (Lipinski definition) is 3. The summed E-state index contributed by atoms with van der Waals surface area (Å²) in [5, 5.41) is 3.33. The van der Waals surface area contributed by atoms with E-state index in [9.17, 15) is 4.39 Å². The van der Waals surface area contributed by atoms with Crippen molar-refractivity contribution in [2.45, 2.75) is 38.3 Å². The van der Waals surface area contributed by atoms with E-state index in [1.807, 2.05) is 6.07 Å². The molecule has 2 aliphatic rings. The number of amidine groups is 1. The monoisotopic (exact) mass is 392 g/mol. The highest BCUT2D eigenvalue weighted by molar-refractivity contribution is 9.11. The third kappa shape index (κ3) is 3.78. The summed E-state index contributed by atoms with van der Waals surface area (Å²) in [6, 6.07) is 5.52. The van der Waals surface area contributed by atoms with Crippen molar-refractivity contribution in [3.63, 3.8) is 0 Å². The maximum Gasteiger partial charge on any atom is 0.128 e. The number of benzene rings is 1. The first-order valence-corrected chi connectivity index (χ1v) is 9.05. The average molecular weight is 393 g/mol. The van der Waals surface area contributed by atoms with Crippen LogP contribution in [-0.2, 0) is 11.2 Å². The van der Waals surface area contributed by atoms with Crippen LogP contribution < -0.4 is 5.32 Å². The molecule has 0 saturated carbocycles. The molecule has 1 heterocycles. The van der Waals surface area contributed by atoms with Gasteiger partial charge in [-0.1, -0.05) is 34.1 Å². The molecule has 1 aliphatic carbocycles. The SMILES string of the molecule is COC1CC=C(Br)C=C1CCc1c(F)cccc1C1=NCC(C)N1. The van der Waals surface area contributed by atoms with Gasteiger partial charge in [0.2, 0.25) is 0 Å². The Balaban J connectivity index is 1.81. The van der Waals surface area contributed by atoms with Crippen molar-refractivity contribution in [2.24, 2.45) is 4.99 Å². The van der Waals surface area contributed by atoms with Gasteiger partial charge in [-0.3, -0.25) is 4.99 Å². The normalized spacial score (nSPS) is 23.4. The topological polar surface area (TPSA) is 33.6 Å². The second kappa shape index (κ2) is 7.62. The van der Waals surface area contributed by atoms with Crippen LogP contribution >= 0.6 is 15.9 Å². The molecule has 0 radical (unpaired) electrons. The summed E-state index contributed by atoms with van der Waals surface area (Å²) in [6.07, 6.45) is 6.50. The highest BCUT2D eigenvalue weighted by Crippen LogP contribution is 2.28. The zero-order valence-corrected chi connectivity index (χ0v) is 15.6. The van der Waals surface area contributed by atoms with Crippen LogP contribution in [0.4, 0.5) is 4.39 Å². The lowest BCUT2D eigenvalue weighted by molar-refractivity contribution is 0.130. The summed E-state index contributed by atoms with van der Waals surface area (Å²) in [4.78, 5) is 4.51. The zero-order valence-electron chi connectivity index (χ0n) is 14.0. The molecule has 0 amide bonds. The first-order chi connectivity index (χ1) is 11.6. The number of halogens is 2. The fourth-order valence-electron chi connectivity index (χ4n) is 3.20. The lowest BCUT2D eigenvalue weighted by atomic mass is 9.93. The second-order valence-corrected chi connectivity index (χ2v) is 7.18. The first kappa shape index (κ1) is 17.4. The predicted octanol–water partition coefficient (Wildman–Crippen LogP) is 4.12. The van der Waals surface area contributed by atoms with E-state index in [1.54, 1.807) is 13.2 Å². The second-order valence-electron chi connectivity index (χ2n) is 6.27. The number of aliphatic imine (C=N–C) groups is 1. The Hall–Kier alpha value is -1.46. The van der Waals surface area contributed by atoms with E-state index in [1.165, 1.54) is 11.6 Å². The molecule has 3 rings (SSSR count). The van der Waals surface area contributed by atoms with Gasteiger partial charge >= 0.3 is 0 Å². The van der Waals surface area contributed by atoms with E-state index in [-0.39, 0.29) is 11.9 Å². The largest absolute Gasteiger partial charge is 0.377 e. The highest BCUT2D eigenvalue weighted by Gasteiger charge is 2.21. The van der Waals surface area contributed by atoms with Gasteiger partial charge in [0.1, 0.15) is 11.7 Å². The Labute approximate surface area is 150 Å². The number of methoxy groups -OCH3 is 1.